The number of rotatable bonds is 4. The molecule has 0 aliphatic carbocycles. The molecule has 1 fully saturated rings. The average molecular weight is 339 g/mol. The van der Waals surface area contributed by atoms with Gasteiger partial charge in [0.25, 0.3) is 5.91 Å². The molecule has 0 saturated carbocycles. The maximum atomic E-state index is 12.2. The van der Waals surface area contributed by atoms with E-state index in [0.717, 1.165) is 6.42 Å². The zero-order valence-electron chi connectivity index (χ0n) is 13.3. The van der Waals surface area contributed by atoms with Crippen molar-refractivity contribution in [2.45, 2.75) is 25.9 Å². The van der Waals surface area contributed by atoms with Gasteiger partial charge in [0.05, 0.1) is 16.3 Å². The van der Waals surface area contributed by atoms with Crippen molar-refractivity contribution in [2.24, 2.45) is 0 Å². The molecule has 6 nitrogen and oxygen atoms in total. The number of ether oxygens (including phenoxy) is 1. The summed E-state index contributed by atoms with van der Waals surface area (Å²) in [6, 6.07) is 4.60. The largest absolute Gasteiger partial charge is 0.449 e. The summed E-state index contributed by atoms with van der Waals surface area (Å²) in [5.74, 6) is -0.951. The second kappa shape index (κ2) is 7.00. The third-order valence-electron chi connectivity index (χ3n) is 3.62. The van der Waals surface area contributed by atoms with Gasteiger partial charge in [-0.25, -0.2) is 4.79 Å². The Morgan fingerprint density at radius 3 is 2.61 bits per heavy atom. The first-order chi connectivity index (χ1) is 10.8. The molecule has 0 bridgehead atoms. The lowest BCUT2D eigenvalue weighted by molar-refractivity contribution is -0.137. The van der Waals surface area contributed by atoms with Gasteiger partial charge < -0.3 is 14.5 Å². The maximum absolute atomic E-state index is 12.2. The fraction of sp³-hybridized carbons (Fsp3) is 0.438. The first-order valence-electron chi connectivity index (χ1n) is 7.33. The fourth-order valence-corrected chi connectivity index (χ4v) is 2.61. The minimum Gasteiger partial charge on any atom is -0.449 e. The molecule has 1 aromatic carbocycles. The molecular weight excluding hydrogens is 320 g/mol. The van der Waals surface area contributed by atoms with Crippen molar-refractivity contribution in [2.75, 3.05) is 25.5 Å². The molecule has 7 heteroatoms. The highest BCUT2D eigenvalue weighted by molar-refractivity contribution is 6.34. The van der Waals surface area contributed by atoms with E-state index >= 15 is 0 Å². The van der Waals surface area contributed by atoms with Gasteiger partial charge in [0.2, 0.25) is 5.91 Å². The predicted octanol–water partition coefficient (Wildman–Crippen LogP) is 2.10. The van der Waals surface area contributed by atoms with Crippen LogP contribution in [0.1, 0.15) is 30.1 Å². The third-order valence-corrected chi connectivity index (χ3v) is 3.94. The maximum Gasteiger partial charge on any atom is 0.338 e. The Labute approximate surface area is 139 Å². The van der Waals surface area contributed by atoms with Crippen LogP contribution in [-0.4, -0.2) is 49.4 Å². The molecule has 0 unspecified atom stereocenters. The molecule has 1 aromatic rings. The number of nitrogens with zero attached hydrogens (tertiary/aromatic N) is 2. The van der Waals surface area contributed by atoms with E-state index in [-0.39, 0.29) is 17.4 Å². The number of carbonyl (C=O) groups excluding carboxylic acids is 3. The summed E-state index contributed by atoms with van der Waals surface area (Å²) in [7, 11) is 3.18. The van der Waals surface area contributed by atoms with Crippen LogP contribution in [0.5, 0.6) is 0 Å². The van der Waals surface area contributed by atoms with E-state index in [4.69, 9.17) is 16.3 Å². The van der Waals surface area contributed by atoms with Crippen molar-refractivity contribution in [1.29, 1.82) is 0 Å². The summed E-state index contributed by atoms with van der Waals surface area (Å²) in [4.78, 5) is 38.7. The van der Waals surface area contributed by atoms with Crippen LogP contribution in [0, 0.1) is 0 Å². The van der Waals surface area contributed by atoms with Crippen LogP contribution in [0.4, 0.5) is 5.69 Å². The van der Waals surface area contributed by atoms with Crippen LogP contribution < -0.4 is 4.90 Å². The van der Waals surface area contributed by atoms with Gasteiger partial charge in [0.15, 0.2) is 6.10 Å². The van der Waals surface area contributed by atoms with Crippen LogP contribution in [0.2, 0.25) is 5.02 Å². The second-order valence-electron chi connectivity index (χ2n) is 5.60. The Bertz CT molecular complexity index is 645. The topological polar surface area (TPSA) is 66.9 Å². The average Bonchev–Trinajstić information content (AvgIpc) is 2.92. The van der Waals surface area contributed by atoms with Gasteiger partial charge in [-0.1, -0.05) is 11.6 Å². The van der Waals surface area contributed by atoms with Crippen molar-refractivity contribution in [1.82, 2.24) is 4.90 Å². The molecule has 2 rings (SSSR count). The second-order valence-corrected chi connectivity index (χ2v) is 6.00. The number of esters is 1. The van der Waals surface area contributed by atoms with Gasteiger partial charge in [-0.3, -0.25) is 9.59 Å². The zero-order chi connectivity index (χ0) is 17.1. The van der Waals surface area contributed by atoms with Crippen molar-refractivity contribution in [3.05, 3.63) is 28.8 Å². The standard InChI is InChI=1S/C16H19ClN2O4/c1-10(15(21)18(2)3)23-16(22)11-6-7-12(17)13(9-11)19-8-4-5-14(19)20/h6-7,9-10H,4-5,8H2,1-3H3/t10-/m0/s1. The highest BCUT2D eigenvalue weighted by atomic mass is 35.5. The van der Waals surface area contributed by atoms with Crippen LogP contribution >= 0.6 is 11.6 Å². The first kappa shape index (κ1) is 17.3. The van der Waals surface area contributed by atoms with Crippen molar-refractivity contribution in [3.8, 4) is 0 Å². The Hall–Kier alpha value is -2.08. The molecule has 0 radical (unpaired) electrons. The molecule has 0 aromatic heterocycles. The van der Waals surface area contributed by atoms with Crippen molar-refractivity contribution in [3.63, 3.8) is 0 Å². The van der Waals surface area contributed by atoms with E-state index in [1.165, 1.54) is 24.0 Å². The molecule has 0 spiro atoms. The molecule has 0 N–H and O–H groups in total. The van der Waals surface area contributed by atoms with Gasteiger partial charge in [0, 0.05) is 27.1 Å². The molecule has 1 heterocycles. The Morgan fingerprint density at radius 2 is 2.04 bits per heavy atom. The van der Waals surface area contributed by atoms with E-state index in [1.807, 2.05) is 0 Å². The highest BCUT2D eigenvalue weighted by Crippen LogP contribution is 2.30. The normalized spacial score (nSPS) is 15.5. The van der Waals surface area contributed by atoms with E-state index in [1.54, 1.807) is 25.1 Å². The molecule has 1 aliphatic rings. The number of hydrogen-bond donors (Lipinski definition) is 0. The lowest BCUT2D eigenvalue weighted by Crippen LogP contribution is -2.35. The van der Waals surface area contributed by atoms with Gasteiger partial charge in [-0.05, 0) is 31.5 Å². The van der Waals surface area contributed by atoms with Gasteiger partial charge >= 0.3 is 5.97 Å². The third kappa shape index (κ3) is 3.82. The van der Waals surface area contributed by atoms with E-state index in [9.17, 15) is 14.4 Å². The minimum absolute atomic E-state index is 0.0198. The molecule has 23 heavy (non-hydrogen) atoms. The van der Waals surface area contributed by atoms with Crippen molar-refractivity contribution < 1.29 is 19.1 Å². The summed E-state index contributed by atoms with van der Waals surface area (Å²) in [6.45, 7) is 2.09. The number of halogens is 1. The summed E-state index contributed by atoms with van der Waals surface area (Å²) >= 11 is 6.14. The number of likely N-dealkylation sites (N-methyl/N-ethyl adjacent to an activating group) is 1. The first-order valence-corrected chi connectivity index (χ1v) is 7.71. The molecule has 1 aliphatic heterocycles. The highest BCUT2D eigenvalue weighted by Gasteiger charge is 2.26. The fourth-order valence-electron chi connectivity index (χ4n) is 2.39. The molecule has 124 valence electrons. The lowest BCUT2D eigenvalue weighted by Gasteiger charge is -2.19. The van der Waals surface area contributed by atoms with Gasteiger partial charge in [-0.15, -0.1) is 0 Å². The zero-order valence-corrected chi connectivity index (χ0v) is 14.1. The van der Waals surface area contributed by atoms with Gasteiger partial charge in [-0.2, -0.15) is 0 Å². The lowest BCUT2D eigenvalue weighted by atomic mass is 10.2. The number of amides is 2. The smallest absolute Gasteiger partial charge is 0.338 e. The molecular formula is C16H19ClN2O4. The summed E-state index contributed by atoms with van der Waals surface area (Å²) in [6.07, 6.45) is 0.349. The van der Waals surface area contributed by atoms with E-state index in [2.05, 4.69) is 0 Å². The van der Waals surface area contributed by atoms with Crippen LogP contribution in [0.3, 0.4) is 0 Å². The van der Waals surface area contributed by atoms with Crippen LogP contribution in [0.25, 0.3) is 0 Å². The summed E-state index contributed by atoms with van der Waals surface area (Å²) in [5, 5.41) is 0.397. The van der Waals surface area contributed by atoms with Crippen molar-refractivity contribution >= 4 is 35.1 Å². The monoisotopic (exact) mass is 338 g/mol. The Balaban J connectivity index is 2.18. The van der Waals surface area contributed by atoms with Crippen LogP contribution in [-0.2, 0) is 14.3 Å². The van der Waals surface area contributed by atoms with Gasteiger partial charge in [0.1, 0.15) is 0 Å². The quantitative estimate of drug-likeness (QED) is 0.788. The number of hydrogen-bond acceptors (Lipinski definition) is 4. The number of carbonyl (C=O) groups is 3. The summed E-state index contributed by atoms with van der Waals surface area (Å²) < 4.78 is 5.17. The number of benzene rings is 1. The summed E-state index contributed by atoms with van der Waals surface area (Å²) in [5.41, 5.74) is 0.748. The minimum atomic E-state index is -0.884. The Kier molecular flexibility index (Phi) is 5.26. The molecule has 2 amide bonds. The Morgan fingerprint density at radius 1 is 1.35 bits per heavy atom. The molecule has 1 atom stereocenters. The number of anilines is 1. The van der Waals surface area contributed by atoms with Crippen LogP contribution in [0.15, 0.2) is 18.2 Å². The predicted molar refractivity (Wildman–Crippen MR) is 86.6 cm³/mol. The van der Waals surface area contributed by atoms with E-state index < -0.39 is 12.1 Å². The van der Waals surface area contributed by atoms with E-state index in [0.29, 0.717) is 23.7 Å². The molecule has 1 saturated heterocycles. The SMILES string of the molecule is C[C@H](OC(=O)c1ccc(Cl)c(N2CCCC2=O)c1)C(=O)N(C)C.